The first-order valence-electron chi connectivity index (χ1n) is 9.27. The van der Waals surface area contributed by atoms with Gasteiger partial charge < -0.3 is 16.4 Å². The van der Waals surface area contributed by atoms with Crippen LogP contribution >= 0.6 is 0 Å². The molecule has 2 aromatic rings. The second kappa shape index (κ2) is 8.16. The van der Waals surface area contributed by atoms with Gasteiger partial charge >= 0.3 is 0 Å². The van der Waals surface area contributed by atoms with E-state index in [1.807, 2.05) is 24.4 Å². The fourth-order valence-electron chi connectivity index (χ4n) is 3.19. The molecule has 0 fully saturated rings. The number of hydrogen-bond acceptors (Lipinski definition) is 7. The molecule has 5 N–H and O–H groups in total. The second-order valence-corrected chi connectivity index (χ2v) is 7.15. The molecule has 2 unspecified atom stereocenters. The number of hydrogen-bond donors (Lipinski definition) is 4. The van der Waals surface area contributed by atoms with Crippen LogP contribution < -0.4 is 16.4 Å². The molecule has 0 saturated heterocycles. The first kappa shape index (κ1) is 19.5. The normalized spacial score (nSPS) is 18.7. The van der Waals surface area contributed by atoms with Crippen LogP contribution in [-0.4, -0.2) is 34.3 Å². The Kier molecular flexibility index (Phi) is 5.67. The maximum atomic E-state index is 7.87. The van der Waals surface area contributed by atoms with Crippen molar-refractivity contribution >= 4 is 29.4 Å². The molecule has 1 aliphatic rings. The lowest BCUT2D eigenvalue weighted by Crippen LogP contribution is -2.28. The zero-order chi connectivity index (χ0) is 20.3. The summed E-state index contributed by atoms with van der Waals surface area (Å²) >= 11 is 0. The van der Waals surface area contributed by atoms with Crippen LogP contribution in [0.2, 0.25) is 0 Å². The SMILES string of the molecule is CN/C=C(\C(=N)N)C1C=Nc2ccc(Nc3cc(C(C)C)cnn3)nc2C1C. The van der Waals surface area contributed by atoms with Crippen LogP contribution in [0.4, 0.5) is 17.3 Å². The number of nitrogens with zero attached hydrogens (tertiary/aromatic N) is 4. The highest BCUT2D eigenvalue weighted by atomic mass is 15.2. The molecule has 0 amide bonds. The molecule has 2 aromatic heterocycles. The second-order valence-electron chi connectivity index (χ2n) is 7.15. The van der Waals surface area contributed by atoms with Crippen LogP contribution in [-0.2, 0) is 0 Å². The number of pyridine rings is 1. The van der Waals surface area contributed by atoms with E-state index in [0.29, 0.717) is 23.1 Å². The third kappa shape index (κ3) is 4.00. The smallest absolute Gasteiger partial charge is 0.154 e. The number of nitrogens with two attached hydrogens (primary N) is 1. The number of fused-ring (bicyclic) bond motifs is 1. The lowest BCUT2D eigenvalue weighted by molar-refractivity contribution is 0.641. The summed E-state index contributed by atoms with van der Waals surface area (Å²) in [5.74, 6) is 1.62. The molecule has 146 valence electrons. The van der Waals surface area contributed by atoms with E-state index in [2.05, 4.69) is 46.6 Å². The van der Waals surface area contributed by atoms with Crippen LogP contribution in [0.1, 0.15) is 43.9 Å². The van der Waals surface area contributed by atoms with Gasteiger partial charge in [0.25, 0.3) is 0 Å². The third-order valence-electron chi connectivity index (χ3n) is 4.82. The zero-order valence-electron chi connectivity index (χ0n) is 16.6. The van der Waals surface area contributed by atoms with Crippen molar-refractivity contribution in [2.75, 3.05) is 12.4 Å². The van der Waals surface area contributed by atoms with Crippen molar-refractivity contribution in [2.24, 2.45) is 16.6 Å². The first-order chi connectivity index (χ1) is 13.4. The van der Waals surface area contributed by atoms with E-state index in [1.165, 1.54) is 0 Å². The highest BCUT2D eigenvalue weighted by molar-refractivity contribution is 5.99. The van der Waals surface area contributed by atoms with E-state index >= 15 is 0 Å². The summed E-state index contributed by atoms with van der Waals surface area (Å²) in [5.41, 5.74) is 9.25. The molecular weight excluding hydrogens is 352 g/mol. The molecule has 0 aromatic carbocycles. The Balaban J connectivity index is 1.89. The van der Waals surface area contributed by atoms with Crippen molar-refractivity contribution in [3.8, 4) is 0 Å². The van der Waals surface area contributed by atoms with Gasteiger partial charge in [-0.3, -0.25) is 10.4 Å². The highest BCUT2D eigenvalue weighted by Gasteiger charge is 2.29. The van der Waals surface area contributed by atoms with Crippen LogP contribution in [0.25, 0.3) is 0 Å². The van der Waals surface area contributed by atoms with Gasteiger partial charge in [-0.25, -0.2) is 4.98 Å². The number of aromatic nitrogens is 3. The van der Waals surface area contributed by atoms with E-state index in [0.717, 1.165) is 16.9 Å². The van der Waals surface area contributed by atoms with Crippen LogP contribution in [0, 0.1) is 11.3 Å². The molecule has 8 nitrogen and oxygen atoms in total. The number of aliphatic imine (C=N–C) groups is 1. The van der Waals surface area contributed by atoms with E-state index < -0.39 is 0 Å². The molecule has 0 saturated carbocycles. The fourth-order valence-corrected chi connectivity index (χ4v) is 3.19. The summed E-state index contributed by atoms with van der Waals surface area (Å²) in [6, 6.07) is 5.79. The Bertz CT molecular complexity index is 932. The minimum Gasteiger partial charge on any atom is -0.394 e. The Morgan fingerprint density at radius 2 is 2.07 bits per heavy atom. The molecule has 0 radical (unpaired) electrons. The van der Waals surface area contributed by atoms with Gasteiger partial charge in [0, 0.05) is 36.9 Å². The lowest BCUT2D eigenvalue weighted by atomic mass is 9.83. The Hall–Kier alpha value is -3.29. The molecule has 8 heteroatoms. The molecule has 0 aliphatic carbocycles. The monoisotopic (exact) mass is 378 g/mol. The van der Waals surface area contributed by atoms with Crippen molar-refractivity contribution in [1.82, 2.24) is 20.5 Å². The van der Waals surface area contributed by atoms with E-state index in [-0.39, 0.29) is 17.7 Å². The van der Waals surface area contributed by atoms with Gasteiger partial charge in [0.2, 0.25) is 0 Å². The van der Waals surface area contributed by atoms with Crippen LogP contribution in [0.15, 0.2) is 41.2 Å². The average Bonchev–Trinajstić information content (AvgIpc) is 2.67. The number of nitrogens with one attached hydrogen (secondary N) is 3. The minimum absolute atomic E-state index is 0.0193. The summed E-state index contributed by atoms with van der Waals surface area (Å²) in [6.07, 6.45) is 5.36. The molecule has 1 aliphatic heterocycles. The quantitative estimate of drug-likeness (QED) is 0.452. The summed E-state index contributed by atoms with van der Waals surface area (Å²) in [6.45, 7) is 6.29. The fraction of sp³-hybridized carbons (Fsp3) is 0.350. The van der Waals surface area contributed by atoms with Gasteiger partial charge in [0.05, 0.1) is 17.6 Å². The number of anilines is 2. The maximum absolute atomic E-state index is 7.87. The number of rotatable bonds is 6. The largest absolute Gasteiger partial charge is 0.394 e. The Morgan fingerprint density at radius 3 is 2.75 bits per heavy atom. The molecule has 2 atom stereocenters. The standard InChI is InChI=1S/C20H26N8/c1-11(2)13-7-18(28-25-8-13)26-17-6-5-16-19(27-17)12(3)14(10-24-16)15(9-23-4)20(21)22/h5-12,14,23H,1-4H3,(H3,21,22)(H,26,27,28)/b15-9-. The van der Waals surface area contributed by atoms with Gasteiger partial charge in [-0.2, -0.15) is 5.10 Å². The van der Waals surface area contributed by atoms with Crippen molar-refractivity contribution in [3.63, 3.8) is 0 Å². The zero-order valence-corrected chi connectivity index (χ0v) is 16.6. The van der Waals surface area contributed by atoms with Crippen molar-refractivity contribution in [1.29, 1.82) is 5.41 Å². The molecule has 0 bridgehead atoms. The lowest BCUT2D eigenvalue weighted by Gasteiger charge is -2.27. The van der Waals surface area contributed by atoms with Crippen molar-refractivity contribution < 1.29 is 0 Å². The first-order valence-corrected chi connectivity index (χ1v) is 9.27. The maximum Gasteiger partial charge on any atom is 0.154 e. The van der Waals surface area contributed by atoms with Crippen LogP contribution in [0.3, 0.4) is 0 Å². The summed E-state index contributed by atoms with van der Waals surface area (Å²) < 4.78 is 0. The van der Waals surface area contributed by atoms with E-state index in [9.17, 15) is 0 Å². The van der Waals surface area contributed by atoms with Gasteiger partial charge in [0.15, 0.2) is 5.82 Å². The summed E-state index contributed by atoms with van der Waals surface area (Å²) in [5, 5.41) is 22.3. The Labute approximate surface area is 164 Å². The molecular formula is C20H26N8. The number of amidine groups is 1. The third-order valence-corrected chi connectivity index (χ3v) is 4.82. The van der Waals surface area contributed by atoms with Crippen molar-refractivity contribution in [3.05, 3.63) is 47.4 Å². The molecule has 3 rings (SSSR count). The molecule has 28 heavy (non-hydrogen) atoms. The molecule has 0 spiro atoms. The average molecular weight is 378 g/mol. The predicted molar refractivity (Wildman–Crippen MR) is 113 cm³/mol. The van der Waals surface area contributed by atoms with E-state index in [4.69, 9.17) is 16.1 Å². The predicted octanol–water partition coefficient (Wildman–Crippen LogP) is 3.21. The molecule has 3 heterocycles. The van der Waals surface area contributed by atoms with Crippen molar-refractivity contribution in [2.45, 2.75) is 32.6 Å². The van der Waals surface area contributed by atoms with E-state index in [1.54, 1.807) is 19.4 Å². The van der Waals surface area contributed by atoms with Gasteiger partial charge in [-0.05, 0) is 29.7 Å². The summed E-state index contributed by atoms with van der Waals surface area (Å²) in [4.78, 5) is 9.30. The van der Waals surface area contributed by atoms with Crippen LogP contribution in [0.5, 0.6) is 0 Å². The highest BCUT2D eigenvalue weighted by Crippen LogP contribution is 2.38. The Morgan fingerprint density at radius 1 is 1.29 bits per heavy atom. The van der Waals surface area contributed by atoms with Gasteiger partial charge in [0.1, 0.15) is 11.7 Å². The van der Waals surface area contributed by atoms with Gasteiger partial charge in [-0.1, -0.05) is 20.8 Å². The van der Waals surface area contributed by atoms with Gasteiger partial charge in [-0.15, -0.1) is 5.10 Å². The topological polar surface area (TPSA) is 125 Å². The minimum atomic E-state index is -0.121. The summed E-state index contributed by atoms with van der Waals surface area (Å²) in [7, 11) is 1.79.